The highest BCUT2D eigenvalue weighted by Crippen LogP contribution is 2.34. The van der Waals surface area contributed by atoms with Crippen molar-refractivity contribution in [3.63, 3.8) is 0 Å². The van der Waals surface area contributed by atoms with Crippen LogP contribution in [0.4, 0.5) is 4.39 Å². The van der Waals surface area contributed by atoms with Crippen LogP contribution in [0.3, 0.4) is 0 Å². The minimum Gasteiger partial charge on any atom is -0.507 e. The zero-order chi connectivity index (χ0) is 10.0. The SMILES string of the molecule is COc1cc(F)cc(O)c1C(C)C. The van der Waals surface area contributed by atoms with E-state index < -0.39 is 5.82 Å². The third-order valence-electron chi connectivity index (χ3n) is 1.88. The predicted octanol–water partition coefficient (Wildman–Crippen LogP) is 2.66. The Bertz CT molecular complexity index is 308. The van der Waals surface area contributed by atoms with Crippen molar-refractivity contribution >= 4 is 0 Å². The Morgan fingerprint density at radius 3 is 2.46 bits per heavy atom. The summed E-state index contributed by atoms with van der Waals surface area (Å²) in [7, 11) is 1.46. The van der Waals surface area contributed by atoms with Gasteiger partial charge in [0.2, 0.25) is 0 Å². The molecule has 3 heteroatoms. The van der Waals surface area contributed by atoms with E-state index in [1.165, 1.54) is 13.2 Å². The summed E-state index contributed by atoms with van der Waals surface area (Å²) in [6.07, 6.45) is 0. The smallest absolute Gasteiger partial charge is 0.130 e. The van der Waals surface area contributed by atoms with Crippen molar-refractivity contribution in [3.05, 3.63) is 23.5 Å². The van der Waals surface area contributed by atoms with Crippen molar-refractivity contribution in [3.8, 4) is 11.5 Å². The van der Waals surface area contributed by atoms with Crippen LogP contribution in [0.5, 0.6) is 11.5 Å². The molecule has 0 radical (unpaired) electrons. The zero-order valence-electron chi connectivity index (χ0n) is 7.97. The third kappa shape index (κ3) is 1.91. The summed E-state index contributed by atoms with van der Waals surface area (Å²) in [6, 6.07) is 2.37. The van der Waals surface area contributed by atoms with E-state index in [2.05, 4.69) is 0 Å². The lowest BCUT2D eigenvalue weighted by molar-refractivity contribution is 0.391. The number of aromatic hydroxyl groups is 1. The number of phenols is 1. The van der Waals surface area contributed by atoms with Crippen molar-refractivity contribution in [2.75, 3.05) is 7.11 Å². The van der Waals surface area contributed by atoms with E-state index >= 15 is 0 Å². The Labute approximate surface area is 77.0 Å². The molecule has 1 rings (SSSR count). The first-order valence-corrected chi connectivity index (χ1v) is 4.12. The molecule has 1 aromatic carbocycles. The topological polar surface area (TPSA) is 29.5 Å². The van der Waals surface area contributed by atoms with Crippen molar-refractivity contribution < 1.29 is 14.2 Å². The Morgan fingerprint density at radius 2 is 2.00 bits per heavy atom. The molecule has 0 unspecified atom stereocenters. The lowest BCUT2D eigenvalue weighted by Gasteiger charge is -2.13. The highest BCUT2D eigenvalue weighted by atomic mass is 19.1. The number of halogens is 1. The Kier molecular flexibility index (Phi) is 2.76. The third-order valence-corrected chi connectivity index (χ3v) is 1.88. The largest absolute Gasteiger partial charge is 0.507 e. The predicted molar refractivity (Wildman–Crippen MR) is 48.7 cm³/mol. The second-order valence-electron chi connectivity index (χ2n) is 3.20. The number of hydrogen-bond acceptors (Lipinski definition) is 2. The molecule has 0 amide bonds. The summed E-state index contributed by atoms with van der Waals surface area (Å²) in [5.41, 5.74) is 0.643. The van der Waals surface area contributed by atoms with Crippen LogP contribution in [-0.4, -0.2) is 12.2 Å². The van der Waals surface area contributed by atoms with Gasteiger partial charge in [-0.3, -0.25) is 0 Å². The molecule has 0 aliphatic carbocycles. The normalized spacial score (nSPS) is 10.5. The molecule has 2 nitrogen and oxygen atoms in total. The molecule has 72 valence electrons. The molecule has 0 atom stereocenters. The number of ether oxygens (including phenoxy) is 1. The van der Waals surface area contributed by atoms with Gasteiger partial charge >= 0.3 is 0 Å². The van der Waals surface area contributed by atoms with Gasteiger partial charge in [0.25, 0.3) is 0 Å². The standard InChI is InChI=1S/C10H13FO2/c1-6(2)10-8(12)4-7(11)5-9(10)13-3/h4-6,12H,1-3H3. The minimum atomic E-state index is -0.487. The maximum absolute atomic E-state index is 12.8. The Hall–Kier alpha value is -1.25. The zero-order valence-corrected chi connectivity index (χ0v) is 7.97. The summed E-state index contributed by atoms with van der Waals surface area (Å²) in [5.74, 6) is -0.0337. The molecule has 1 N–H and O–H groups in total. The van der Waals surface area contributed by atoms with Gasteiger partial charge in [-0.15, -0.1) is 0 Å². The molecule has 0 spiro atoms. The molecule has 0 heterocycles. The van der Waals surface area contributed by atoms with Gasteiger partial charge in [0.1, 0.15) is 17.3 Å². The molecule has 0 fully saturated rings. The van der Waals surface area contributed by atoms with Gasteiger partial charge in [-0.05, 0) is 5.92 Å². The average Bonchev–Trinajstić information content (AvgIpc) is 2.01. The number of methoxy groups -OCH3 is 1. The fourth-order valence-corrected chi connectivity index (χ4v) is 1.33. The van der Waals surface area contributed by atoms with Crippen LogP contribution in [0.15, 0.2) is 12.1 Å². The molecule has 0 saturated heterocycles. The minimum absolute atomic E-state index is 0.0492. The van der Waals surface area contributed by atoms with Crippen molar-refractivity contribution in [2.24, 2.45) is 0 Å². The van der Waals surface area contributed by atoms with Crippen LogP contribution < -0.4 is 4.74 Å². The van der Waals surface area contributed by atoms with Crippen LogP contribution in [-0.2, 0) is 0 Å². The van der Waals surface area contributed by atoms with E-state index in [9.17, 15) is 9.50 Å². The fourth-order valence-electron chi connectivity index (χ4n) is 1.33. The molecule has 0 aliphatic rings. The summed E-state index contributed by atoms with van der Waals surface area (Å²) in [6.45, 7) is 3.82. The Balaban J connectivity index is 3.30. The van der Waals surface area contributed by atoms with E-state index in [1.54, 1.807) is 0 Å². The van der Waals surface area contributed by atoms with Gasteiger partial charge in [-0.25, -0.2) is 4.39 Å². The number of benzene rings is 1. The highest BCUT2D eigenvalue weighted by molar-refractivity contribution is 5.46. The van der Waals surface area contributed by atoms with E-state index in [1.807, 2.05) is 13.8 Å². The number of rotatable bonds is 2. The van der Waals surface area contributed by atoms with Crippen molar-refractivity contribution in [1.82, 2.24) is 0 Å². The Morgan fingerprint density at radius 1 is 1.38 bits per heavy atom. The molecule has 0 aliphatic heterocycles. The van der Waals surface area contributed by atoms with Crippen LogP contribution in [0, 0.1) is 5.82 Å². The molecule has 1 aromatic rings. The first kappa shape index (κ1) is 9.84. The molecule has 0 aromatic heterocycles. The second-order valence-corrected chi connectivity index (χ2v) is 3.20. The van der Waals surface area contributed by atoms with Crippen LogP contribution in [0.25, 0.3) is 0 Å². The van der Waals surface area contributed by atoms with E-state index in [0.717, 1.165) is 6.07 Å². The van der Waals surface area contributed by atoms with Crippen LogP contribution in [0.1, 0.15) is 25.3 Å². The highest BCUT2D eigenvalue weighted by Gasteiger charge is 2.13. The van der Waals surface area contributed by atoms with E-state index in [0.29, 0.717) is 11.3 Å². The number of hydrogen-bond donors (Lipinski definition) is 1. The van der Waals surface area contributed by atoms with Crippen LogP contribution >= 0.6 is 0 Å². The first-order valence-electron chi connectivity index (χ1n) is 4.12. The van der Waals surface area contributed by atoms with E-state index in [4.69, 9.17) is 4.74 Å². The summed E-state index contributed by atoms with van der Waals surface area (Å²) in [4.78, 5) is 0. The van der Waals surface area contributed by atoms with Crippen LogP contribution in [0.2, 0.25) is 0 Å². The van der Waals surface area contributed by atoms with Crippen molar-refractivity contribution in [2.45, 2.75) is 19.8 Å². The number of phenolic OH excluding ortho intramolecular Hbond substituents is 1. The average molecular weight is 184 g/mol. The van der Waals surface area contributed by atoms with Crippen molar-refractivity contribution in [1.29, 1.82) is 0 Å². The quantitative estimate of drug-likeness (QED) is 0.765. The molecule has 0 bridgehead atoms. The first-order chi connectivity index (χ1) is 6.06. The molecule has 0 saturated carbocycles. The van der Waals surface area contributed by atoms with Gasteiger partial charge in [0, 0.05) is 17.7 Å². The fraction of sp³-hybridized carbons (Fsp3) is 0.400. The van der Waals surface area contributed by atoms with Gasteiger partial charge in [0.15, 0.2) is 0 Å². The van der Waals surface area contributed by atoms with Gasteiger partial charge in [-0.1, -0.05) is 13.8 Å². The lowest BCUT2D eigenvalue weighted by Crippen LogP contribution is -1.95. The second kappa shape index (κ2) is 3.64. The monoisotopic (exact) mass is 184 g/mol. The van der Waals surface area contributed by atoms with Gasteiger partial charge in [-0.2, -0.15) is 0 Å². The maximum Gasteiger partial charge on any atom is 0.130 e. The molecule has 13 heavy (non-hydrogen) atoms. The maximum atomic E-state index is 12.8. The lowest BCUT2D eigenvalue weighted by atomic mass is 10.0. The molecular formula is C10H13FO2. The molecular weight excluding hydrogens is 171 g/mol. The summed E-state index contributed by atoms with van der Waals surface area (Å²) < 4.78 is 17.8. The van der Waals surface area contributed by atoms with E-state index in [-0.39, 0.29) is 11.7 Å². The van der Waals surface area contributed by atoms with Gasteiger partial charge in [0.05, 0.1) is 7.11 Å². The summed E-state index contributed by atoms with van der Waals surface area (Å²) in [5, 5.41) is 9.45. The summed E-state index contributed by atoms with van der Waals surface area (Å²) >= 11 is 0. The van der Waals surface area contributed by atoms with Gasteiger partial charge < -0.3 is 9.84 Å².